The molecule has 0 saturated carbocycles. The average molecular weight is 446 g/mol. The molecule has 2 N–H and O–H groups in total. The van der Waals surface area contributed by atoms with E-state index in [9.17, 15) is 0 Å². The number of hydrogen-bond donors (Lipinski definition) is 2. The van der Waals surface area contributed by atoms with Crippen LogP contribution >= 0.6 is 24.0 Å². The molecule has 0 amide bonds. The molecule has 136 valence electrons. The van der Waals surface area contributed by atoms with E-state index in [1.54, 1.807) is 0 Å². The summed E-state index contributed by atoms with van der Waals surface area (Å²) < 4.78 is 5.71. The van der Waals surface area contributed by atoms with Crippen LogP contribution in [0.25, 0.3) is 0 Å². The van der Waals surface area contributed by atoms with Crippen LogP contribution in [0.5, 0.6) is 5.75 Å². The van der Waals surface area contributed by atoms with Crippen LogP contribution in [0, 0.1) is 12.8 Å². The van der Waals surface area contributed by atoms with Gasteiger partial charge in [-0.1, -0.05) is 24.6 Å². The molecular formula is C18H31IN4O. The van der Waals surface area contributed by atoms with E-state index in [4.69, 9.17) is 4.74 Å². The van der Waals surface area contributed by atoms with Gasteiger partial charge in [-0.25, -0.2) is 0 Å². The highest BCUT2D eigenvalue weighted by Crippen LogP contribution is 2.14. The van der Waals surface area contributed by atoms with Gasteiger partial charge in [-0.3, -0.25) is 4.99 Å². The second-order valence-electron chi connectivity index (χ2n) is 6.09. The molecular weight excluding hydrogens is 415 g/mol. The van der Waals surface area contributed by atoms with Gasteiger partial charge in [-0.15, -0.1) is 24.0 Å². The highest BCUT2D eigenvalue weighted by atomic mass is 127. The van der Waals surface area contributed by atoms with E-state index in [2.05, 4.69) is 46.5 Å². The minimum Gasteiger partial charge on any atom is -0.492 e. The number of halogens is 1. The first-order valence-electron chi connectivity index (χ1n) is 8.57. The number of guanidine groups is 1. The number of likely N-dealkylation sites (tertiary alicyclic amines) is 1. The Balaban J connectivity index is 0.00000288. The Morgan fingerprint density at radius 3 is 2.67 bits per heavy atom. The maximum absolute atomic E-state index is 5.71. The van der Waals surface area contributed by atoms with E-state index in [1.165, 1.54) is 25.1 Å². The average Bonchev–Trinajstić information content (AvgIpc) is 3.04. The molecule has 0 radical (unpaired) electrons. The highest BCUT2D eigenvalue weighted by molar-refractivity contribution is 14.0. The van der Waals surface area contributed by atoms with E-state index in [0.29, 0.717) is 6.61 Å². The lowest BCUT2D eigenvalue weighted by molar-refractivity contribution is 0.321. The summed E-state index contributed by atoms with van der Waals surface area (Å²) in [4.78, 5) is 6.77. The van der Waals surface area contributed by atoms with Crippen molar-refractivity contribution in [1.29, 1.82) is 0 Å². The molecule has 1 aliphatic heterocycles. The normalized spacial score (nSPS) is 18.1. The van der Waals surface area contributed by atoms with E-state index < -0.39 is 0 Å². The molecule has 1 fully saturated rings. The molecule has 0 bridgehead atoms. The van der Waals surface area contributed by atoms with E-state index >= 15 is 0 Å². The monoisotopic (exact) mass is 446 g/mol. The lowest BCUT2D eigenvalue weighted by Crippen LogP contribution is -2.41. The Morgan fingerprint density at radius 2 is 2.04 bits per heavy atom. The van der Waals surface area contributed by atoms with Crippen molar-refractivity contribution in [3.8, 4) is 5.75 Å². The Kier molecular flexibility index (Phi) is 10.1. The summed E-state index contributed by atoms with van der Waals surface area (Å²) in [5, 5.41) is 6.72. The molecule has 6 heteroatoms. The number of benzene rings is 1. The van der Waals surface area contributed by atoms with Crippen molar-refractivity contribution in [2.75, 3.05) is 46.4 Å². The first kappa shape index (κ1) is 21.0. The van der Waals surface area contributed by atoms with Gasteiger partial charge in [0.1, 0.15) is 12.4 Å². The molecule has 1 aromatic carbocycles. The number of rotatable bonds is 7. The summed E-state index contributed by atoms with van der Waals surface area (Å²) in [6.45, 7) is 10.2. The summed E-state index contributed by atoms with van der Waals surface area (Å²) in [6.07, 6.45) is 1.27. The third-order valence-corrected chi connectivity index (χ3v) is 4.28. The van der Waals surface area contributed by atoms with Crippen LogP contribution < -0.4 is 15.4 Å². The molecule has 1 saturated heterocycles. The Hall–Kier alpha value is -1.02. The molecule has 24 heavy (non-hydrogen) atoms. The number of ether oxygens (including phenoxy) is 1. The number of aliphatic imine (C=N–C) groups is 1. The van der Waals surface area contributed by atoms with Crippen molar-refractivity contribution in [3.05, 3.63) is 29.8 Å². The number of nitrogens with zero attached hydrogens (tertiary/aromatic N) is 2. The zero-order valence-corrected chi connectivity index (χ0v) is 17.4. The third-order valence-electron chi connectivity index (χ3n) is 4.28. The fraction of sp³-hybridized carbons (Fsp3) is 0.611. The van der Waals surface area contributed by atoms with Crippen molar-refractivity contribution in [2.45, 2.75) is 20.3 Å². The largest absolute Gasteiger partial charge is 0.492 e. The zero-order chi connectivity index (χ0) is 16.5. The Bertz CT molecular complexity index is 492. The van der Waals surface area contributed by atoms with Gasteiger partial charge in [0.2, 0.25) is 0 Å². The number of nitrogens with one attached hydrogen (secondary N) is 2. The topological polar surface area (TPSA) is 48.9 Å². The molecule has 5 nitrogen and oxygen atoms in total. The number of aryl methyl sites for hydroxylation is 1. The maximum atomic E-state index is 5.71. The van der Waals surface area contributed by atoms with Gasteiger partial charge in [0.05, 0.1) is 6.54 Å². The van der Waals surface area contributed by atoms with E-state index in [0.717, 1.165) is 37.3 Å². The standard InChI is InChI=1S/C18H30N4O.HI/c1-4-22-11-9-16(14-22)13-21-18(19-3)20-10-12-23-17-7-5-15(2)6-8-17;/h5-8,16H,4,9-14H2,1-3H3,(H2,19,20,21);1H. The number of hydrogen-bond acceptors (Lipinski definition) is 3. The first-order valence-corrected chi connectivity index (χ1v) is 8.57. The molecule has 1 aliphatic rings. The second kappa shape index (κ2) is 11.5. The van der Waals surface area contributed by atoms with Gasteiger partial charge in [-0.05, 0) is 44.5 Å². The molecule has 0 aliphatic carbocycles. The Morgan fingerprint density at radius 1 is 1.29 bits per heavy atom. The third kappa shape index (κ3) is 7.25. The molecule has 2 rings (SSSR count). The van der Waals surface area contributed by atoms with Gasteiger partial charge in [0.15, 0.2) is 5.96 Å². The lowest BCUT2D eigenvalue weighted by atomic mass is 10.1. The summed E-state index contributed by atoms with van der Waals surface area (Å²) in [6, 6.07) is 8.12. The van der Waals surface area contributed by atoms with Crippen LogP contribution in [0.15, 0.2) is 29.3 Å². The van der Waals surface area contributed by atoms with Gasteiger partial charge >= 0.3 is 0 Å². The summed E-state index contributed by atoms with van der Waals surface area (Å²) >= 11 is 0. The quantitative estimate of drug-likeness (QED) is 0.293. The molecule has 0 aromatic heterocycles. The van der Waals surface area contributed by atoms with Crippen LogP contribution in [-0.4, -0.2) is 57.2 Å². The van der Waals surface area contributed by atoms with Crippen LogP contribution in [0.1, 0.15) is 18.9 Å². The minimum absolute atomic E-state index is 0. The van der Waals surface area contributed by atoms with Crippen LogP contribution in [0.3, 0.4) is 0 Å². The molecule has 1 heterocycles. The summed E-state index contributed by atoms with van der Waals surface area (Å²) in [5.41, 5.74) is 1.24. The predicted octanol–water partition coefficient (Wildman–Crippen LogP) is 2.50. The maximum Gasteiger partial charge on any atom is 0.191 e. The highest BCUT2D eigenvalue weighted by Gasteiger charge is 2.20. The molecule has 1 aromatic rings. The molecule has 1 atom stereocenters. The van der Waals surface area contributed by atoms with Crippen LogP contribution in [0.4, 0.5) is 0 Å². The second-order valence-corrected chi connectivity index (χ2v) is 6.09. The first-order chi connectivity index (χ1) is 11.2. The summed E-state index contributed by atoms with van der Waals surface area (Å²) in [5.74, 6) is 2.48. The molecule has 0 spiro atoms. The predicted molar refractivity (Wildman–Crippen MR) is 112 cm³/mol. The van der Waals surface area contributed by atoms with E-state index in [-0.39, 0.29) is 24.0 Å². The van der Waals surface area contributed by atoms with E-state index in [1.807, 2.05) is 19.2 Å². The van der Waals surface area contributed by atoms with Crippen molar-refractivity contribution < 1.29 is 4.74 Å². The van der Waals surface area contributed by atoms with Crippen molar-refractivity contribution >= 4 is 29.9 Å². The van der Waals surface area contributed by atoms with Gasteiger partial charge < -0.3 is 20.3 Å². The van der Waals surface area contributed by atoms with Crippen molar-refractivity contribution in [1.82, 2.24) is 15.5 Å². The fourth-order valence-corrected chi connectivity index (χ4v) is 2.80. The van der Waals surface area contributed by atoms with Crippen molar-refractivity contribution in [2.24, 2.45) is 10.9 Å². The minimum atomic E-state index is 0. The van der Waals surface area contributed by atoms with Crippen LogP contribution in [0.2, 0.25) is 0 Å². The fourth-order valence-electron chi connectivity index (χ4n) is 2.80. The SMILES string of the molecule is CCN1CCC(CNC(=NC)NCCOc2ccc(C)cc2)C1.I. The van der Waals surface area contributed by atoms with Crippen LogP contribution in [-0.2, 0) is 0 Å². The summed E-state index contributed by atoms with van der Waals surface area (Å²) in [7, 11) is 1.81. The Labute approximate surface area is 163 Å². The smallest absolute Gasteiger partial charge is 0.191 e. The van der Waals surface area contributed by atoms with Gasteiger partial charge in [-0.2, -0.15) is 0 Å². The van der Waals surface area contributed by atoms with Gasteiger partial charge in [0, 0.05) is 20.1 Å². The van der Waals surface area contributed by atoms with Gasteiger partial charge in [0.25, 0.3) is 0 Å². The van der Waals surface area contributed by atoms with Crippen molar-refractivity contribution in [3.63, 3.8) is 0 Å². The zero-order valence-electron chi connectivity index (χ0n) is 15.0. The lowest BCUT2D eigenvalue weighted by Gasteiger charge is -2.16. The molecule has 1 unspecified atom stereocenters.